The van der Waals surface area contributed by atoms with Crippen molar-refractivity contribution in [1.82, 2.24) is 4.57 Å². The van der Waals surface area contributed by atoms with Crippen molar-refractivity contribution in [3.63, 3.8) is 0 Å². The molecule has 232 valence electrons. The molecule has 3 aromatic carbocycles. The van der Waals surface area contributed by atoms with Gasteiger partial charge in [-0.05, 0) is 83.7 Å². The Morgan fingerprint density at radius 3 is 2.53 bits per heavy atom. The molecule has 0 saturated carbocycles. The first-order valence-electron chi connectivity index (χ1n) is 13.7. The van der Waals surface area contributed by atoms with Crippen molar-refractivity contribution in [1.29, 1.82) is 0 Å². The first kappa shape index (κ1) is 32.3. The maximum absolute atomic E-state index is 14.0. The first-order chi connectivity index (χ1) is 21.5. The lowest BCUT2D eigenvalue weighted by atomic mass is 9.94. The second-order valence-electron chi connectivity index (χ2n) is 10.1. The number of fused-ring (bicyclic) bond motifs is 1. The van der Waals surface area contributed by atoms with Crippen molar-refractivity contribution in [2.24, 2.45) is 4.99 Å². The number of benzene rings is 3. The standard InChI is InChI=1S/C32H27Br2N3O7S/c1-5-43-31(39)27-18(3)35-32-36(28(27)21-9-6-17(2)24(15-21)37(40)41)30(38)26(45-32)14-20-12-23(34)29(25(13-20)42-4)44-16-19-7-10-22(33)11-8-19/h6-15,28H,5,16H2,1-4H3/b26-14+/t28-/m1/s1. The molecule has 0 amide bonds. The van der Waals surface area contributed by atoms with E-state index in [1.165, 1.54) is 17.7 Å². The fourth-order valence-electron chi connectivity index (χ4n) is 4.95. The summed E-state index contributed by atoms with van der Waals surface area (Å²) in [7, 11) is 1.53. The number of hydrogen-bond donors (Lipinski definition) is 0. The molecule has 1 aromatic heterocycles. The van der Waals surface area contributed by atoms with Gasteiger partial charge in [-0.3, -0.25) is 19.5 Å². The van der Waals surface area contributed by atoms with Gasteiger partial charge in [0.1, 0.15) is 6.61 Å². The molecule has 1 aliphatic heterocycles. The van der Waals surface area contributed by atoms with Crippen LogP contribution in [0.15, 0.2) is 84.6 Å². The first-order valence-corrected chi connectivity index (χ1v) is 16.1. The van der Waals surface area contributed by atoms with E-state index in [1.807, 2.05) is 30.3 Å². The third-order valence-corrected chi connectivity index (χ3v) is 9.21. The van der Waals surface area contributed by atoms with E-state index in [0.29, 0.717) is 54.3 Å². The zero-order valence-electron chi connectivity index (χ0n) is 24.6. The van der Waals surface area contributed by atoms with Crippen molar-refractivity contribution >= 4 is 60.9 Å². The number of nitrogens with zero attached hydrogens (tertiary/aromatic N) is 3. The van der Waals surface area contributed by atoms with Gasteiger partial charge in [-0.1, -0.05) is 51.5 Å². The Morgan fingerprint density at radius 1 is 1.13 bits per heavy atom. The minimum atomic E-state index is -0.975. The number of allylic oxidation sites excluding steroid dienone is 1. The topological polar surface area (TPSA) is 122 Å². The third kappa shape index (κ3) is 6.65. The number of aryl methyl sites for hydroxylation is 1. The Bertz CT molecular complexity index is 2030. The van der Waals surface area contributed by atoms with Crippen molar-refractivity contribution in [3.05, 3.63) is 127 Å². The van der Waals surface area contributed by atoms with Gasteiger partial charge in [0.2, 0.25) is 0 Å². The minimum Gasteiger partial charge on any atom is -0.493 e. The molecule has 45 heavy (non-hydrogen) atoms. The van der Waals surface area contributed by atoms with E-state index >= 15 is 0 Å². The van der Waals surface area contributed by atoms with Crippen molar-refractivity contribution in [2.75, 3.05) is 13.7 Å². The Balaban J connectivity index is 1.60. The second-order valence-corrected chi connectivity index (χ2v) is 12.8. The van der Waals surface area contributed by atoms with Crippen LogP contribution in [0.2, 0.25) is 0 Å². The van der Waals surface area contributed by atoms with Crippen LogP contribution in [0.25, 0.3) is 6.08 Å². The van der Waals surface area contributed by atoms with E-state index in [0.717, 1.165) is 21.4 Å². The average molecular weight is 757 g/mol. The molecule has 0 saturated heterocycles. The Kier molecular flexibility index (Phi) is 9.70. The number of nitro groups is 1. The zero-order valence-corrected chi connectivity index (χ0v) is 28.6. The highest BCUT2D eigenvalue weighted by Crippen LogP contribution is 2.38. The maximum atomic E-state index is 14.0. The van der Waals surface area contributed by atoms with E-state index in [2.05, 4.69) is 36.9 Å². The molecule has 0 bridgehead atoms. The van der Waals surface area contributed by atoms with Gasteiger partial charge in [-0.25, -0.2) is 9.79 Å². The van der Waals surface area contributed by atoms with Crippen LogP contribution in [0.3, 0.4) is 0 Å². The zero-order chi connectivity index (χ0) is 32.4. The number of carbonyl (C=O) groups is 1. The molecule has 0 unspecified atom stereocenters. The monoisotopic (exact) mass is 755 g/mol. The van der Waals surface area contributed by atoms with Crippen molar-refractivity contribution in [2.45, 2.75) is 33.4 Å². The summed E-state index contributed by atoms with van der Waals surface area (Å²) in [5, 5.41) is 11.8. The molecular weight excluding hydrogens is 730 g/mol. The van der Waals surface area contributed by atoms with Gasteiger partial charge in [0.05, 0.1) is 45.0 Å². The van der Waals surface area contributed by atoms with Crippen LogP contribution >= 0.6 is 43.2 Å². The second kappa shape index (κ2) is 13.5. The van der Waals surface area contributed by atoms with Gasteiger partial charge in [-0.2, -0.15) is 0 Å². The smallest absolute Gasteiger partial charge is 0.338 e. The summed E-state index contributed by atoms with van der Waals surface area (Å²) in [5.41, 5.74) is 2.47. The van der Waals surface area contributed by atoms with Crippen LogP contribution < -0.4 is 24.4 Å². The van der Waals surface area contributed by atoms with Gasteiger partial charge < -0.3 is 14.2 Å². The van der Waals surface area contributed by atoms with Crippen LogP contribution in [0.4, 0.5) is 5.69 Å². The number of thiazole rings is 1. The fraction of sp³-hybridized carbons (Fsp3) is 0.219. The summed E-state index contributed by atoms with van der Waals surface area (Å²) in [4.78, 5) is 43.4. The van der Waals surface area contributed by atoms with E-state index < -0.39 is 22.5 Å². The molecule has 0 aliphatic carbocycles. The van der Waals surface area contributed by atoms with Crippen LogP contribution in [-0.4, -0.2) is 29.2 Å². The molecule has 2 heterocycles. The molecular formula is C32H27Br2N3O7S. The van der Waals surface area contributed by atoms with Gasteiger partial charge in [0.15, 0.2) is 16.3 Å². The summed E-state index contributed by atoms with van der Waals surface area (Å²) >= 11 is 8.16. The van der Waals surface area contributed by atoms with Gasteiger partial charge in [0, 0.05) is 16.1 Å². The van der Waals surface area contributed by atoms with Crippen LogP contribution in [0.1, 0.15) is 42.1 Å². The SMILES string of the molecule is CCOC(=O)C1=C(C)N=c2s/c(=C/c3cc(Br)c(OCc4ccc(Br)cc4)c(OC)c3)c(=O)n2[C@@H]1c1ccc(C)c([N+](=O)[O-])c1. The molecule has 0 spiro atoms. The largest absolute Gasteiger partial charge is 0.493 e. The highest BCUT2D eigenvalue weighted by molar-refractivity contribution is 9.10. The third-order valence-electron chi connectivity index (χ3n) is 7.11. The number of ether oxygens (including phenoxy) is 3. The van der Waals surface area contributed by atoms with Crippen molar-refractivity contribution < 1.29 is 23.9 Å². The number of nitro benzene ring substituents is 1. The fourth-order valence-corrected chi connectivity index (χ4v) is 6.84. The normalized spacial score (nSPS) is 14.5. The van der Waals surface area contributed by atoms with E-state index in [9.17, 15) is 19.7 Å². The van der Waals surface area contributed by atoms with Crippen LogP contribution in [0, 0.1) is 17.0 Å². The number of hydrogen-bond acceptors (Lipinski definition) is 9. The van der Waals surface area contributed by atoms with Crippen LogP contribution in [0.5, 0.6) is 11.5 Å². The minimum absolute atomic E-state index is 0.111. The summed E-state index contributed by atoms with van der Waals surface area (Å²) < 4.78 is 20.3. The highest BCUT2D eigenvalue weighted by Gasteiger charge is 2.34. The number of rotatable bonds is 9. The molecule has 4 aromatic rings. The Hall–Kier alpha value is -4.07. The molecule has 0 N–H and O–H groups in total. The number of esters is 1. The predicted molar refractivity (Wildman–Crippen MR) is 177 cm³/mol. The van der Waals surface area contributed by atoms with Crippen molar-refractivity contribution in [3.8, 4) is 11.5 Å². The maximum Gasteiger partial charge on any atom is 0.338 e. The van der Waals surface area contributed by atoms with Gasteiger partial charge >= 0.3 is 5.97 Å². The van der Waals surface area contributed by atoms with Crippen LogP contribution in [-0.2, 0) is 16.1 Å². The lowest BCUT2D eigenvalue weighted by molar-refractivity contribution is -0.385. The van der Waals surface area contributed by atoms with E-state index in [1.54, 1.807) is 45.0 Å². The van der Waals surface area contributed by atoms with Gasteiger partial charge in [-0.15, -0.1) is 0 Å². The number of methoxy groups -OCH3 is 1. The quantitative estimate of drug-likeness (QED) is 0.115. The summed E-state index contributed by atoms with van der Waals surface area (Å²) in [5.74, 6) is 0.328. The highest BCUT2D eigenvalue weighted by atomic mass is 79.9. The lowest BCUT2D eigenvalue weighted by Gasteiger charge is -2.24. The van der Waals surface area contributed by atoms with E-state index in [-0.39, 0.29) is 17.9 Å². The van der Waals surface area contributed by atoms with Gasteiger partial charge in [0.25, 0.3) is 11.2 Å². The molecule has 0 fully saturated rings. The Labute approximate surface area is 278 Å². The van der Waals surface area contributed by atoms with E-state index in [4.69, 9.17) is 14.2 Å². The molecule has 1 aliphatic rings. The molecule has 1 atom stereocenters. The molecule has 0 radical (unpaired) electrons. The Morgan fingerprint density at radius 2 is 1.87 bits per heavy atom. The lowest BCUT2D eigenvalue weighted by Crippen LogP contribution is -2.40. The molecule has 13 heteroatoms. The summed E-state index contributed by atoms with van der Waals surface area (Å²) in [6, 6.07) is 15.1. The molecule has 5 rings (SSSR count). The summed E-state index contributed by atoms with van der Waals surface area (Å²) in [6.45, 7) is 5.40. The molecule has 10 nitrogen and oxygen atoms in total. The number of halogens is 2. The number of carbonyl (C=O) groups excluding carboxylic acids is 1. The average Bonchev–Trinajstić information content (AvgIpc) is 3.30. The number of aromatic nitrogens is 1. The predicted octanol–water partition coefficient (Wildman–Crippen LogP) is 6.13. The summed E-state index contributed by atoms with van der Waals surface area (Å²) in [6.07, 6.45) is 1.70.